The van der Waals surface area contributed by atoms with Crippen LogP contribution in [-0.2, 0) is 6.42 Å². The first-order valence-corrected chi connectivity index (χ1v) is 7.86. The van der Waals surface area contributed by atoms with Gasteiger partial charge in [0.1, 0.15) is 11.6 Å². The quantitative estimate of drug-likeness (QED) is 0.946. The van der Waals surface area contributed by atoms with Crippen molar-refractivity contribution in [3.05, 3.63) is 41.8 Å². The van der Waals surface area contributed by atoms with E-state index in [1.165, 1.54) is 6.07 Å². The van der Waals surface area contributed by atoms with Crippen LogP contribution in [0.25, 0.3) is 11.4 Å². The highest BCUT2D eigenvalue weighted by Gasteiger charge is 2.15. The summed E-state index contributed by atoms with van der Waals surface area (Å²) >= 11 is 0. The first-order chi connectivity index (χ1) is 10.8. The van der Waals surface area contributed by atoms with Gasteiger partial charge in [0.2, 0.25) is 0 Å². The minimum atomic E-state index is -0.278. The van der Waals surface area contributed by atoms with Crippen LogP contribution in [-0.4, -0.2) is 36.1 Å². The average molecular weight is 300 g/mol. The Labute approximate surface area is 130 Å². The molecule has 0 saturated carbocycles. The lowest BCUT2D eigenvalue weighted by molar-refractivity contribution is 0.629. The molecule has 3 rings (SSSR count). The normalized spacial score (nSPS) is 15.6. The third kappa shape index (κ3) is 3.25. The highest BCUT2D eigenvalue weighted by Crippen LogP contribution is 2.23. The predicted octanol–water partition coefficient (Wildman–Crippen LogP) is 2.64. The van der Waals surface area contributed by atoms with E-state index in [0.29, 0.717) is 11.4 Å². The van der Waals surface area contributed by atoms with Crippen molar-refractivity contribution in [1.82, 2.24) is 15.3 Å². The summed E-state index contributed by atoms with van der Waals surface area (Å²) in [7, 11) is 0. The smallest absolute Gasteiger partial charge is 0.164 e. The molecular weight excluding hydrogens is 279 g/mol. The summed E-state index contributed by atoms with van der Waals surface area (Å²) < 4.78 is 14.0. The Morgan fingerprint density at radius 1 is 1.18 bits per heavy atom. The number of benzene rings is 1. The van der Waals surface area contributed by atoms with Gasteiger partial charge in [-0.05, 0) is 31.5 Å². The van der Waals surface area contributed by atoms with Crippen molar-refractivity contribution >= 4 is 5.82 Å². The standard InChI is InChI=1S/C17H21FN4/c1-2-13-12-16(22-10-5-8-19-9-11-22)21-17(20-13)14-6-3-4-7-15(14)18/h3-4,6-7,12,19H,2,5,8-11H2,1H3. The van der Waals surface area contributed by atoms with Crippen LogP contribution < -0.4 is 10.2 Å². The summed E-state index contributed by atoms with van der Waals surface area (Å²) in [4.78, 5) is 11.4. The Hall–Kier alpha value is -2.01. The number of halogens is 1. The van der Waals surface area contributed by atoms with E-state index in [0.717, 1.165) is 50.5 Å². The Bertz CT molecular complexity index is 636. The zero-order valence-corrected chi connectivity index (χ0v) is 12.8. The molecule has 4 nitrogen and oxygen atoms in total. The minimum Gasteiger partial charge on any atom is -0.355 e. The molecule has 1 aromatic heterocycles. The van der Waals surface area contributed by atoms with Crippen LogP contribution in [0.3, 0.4) is 0 Å². The lowest BCUT2D eigenvalue weighted by Gasteiger charge is -2.22. The summed E-state index contributed by atoms with van der Waals surface area (Å²) in [5.74, 6) is 1.10. The molecule has 1 aliphatic heterocycles. The number of nitrogens with zero attached hydrogens (tertiary/aromatic N) is 3. The molecule has 116 valence electrons. The molecule has 1 fully saturated rings. The van der Waals surface area contributed by atoms with Gasteiger partial charge in [-0.1, -0.05) is 19.1 Å². The number of rotatable bonds is 3. The third-order valence-corrected chi connectivity index (χ3v) is 3.91. The first kappa shape index (κ1) is 14.9. The Morgan fingerprint density at radius 2 is 2.05 bits per heavy atom. The fraction of sp³-hybridized carbons (Fsp3) is 0.412. The maximum absolute atomic E-state index is 14.0. The van der Waals surface area contributed by atoms with Gasteiger partial charge < -0.3 is 10.2 Å². The summed E-state index contributed by atoms with van der Waals surface area (Å²) in [5, 5.41) is 3.39. The van der Waals surface area contributed by atoms with E-state index in [-0.39, 0.29) is 5.82 Å². The van der Waals surface area contributed by atoms with Gasteiger partial charge in [-0.3, -0.25) is 0 Å². The molecular formula is C17H21FN4. The molecule has 1 aliphatic rings. The molecule has 0 bridgehead atoms. The first-order valence-electron chi connectivity index (χ1n) is 7.86. The van der Waals surface area contributed by atoms with E-state index in [4.69, 9.17) is 0 Å². The molecule has 22 heavy (non-hydrogen) atoms. The van der Waals surface area contributed by atoms with Gasteiger partial charge in [0, 0.05) is 31.4 Å². The molecule has 0 unspecified atom stereocenters. The molecule has 1 aromatic carbocycles. The highest BCUT2D eigenvalue weighted by molar-refractivity contribution is 5.58. The maximum atomic E-state index is 14.0. The monoisotopic (exact) mass is 300 g/mol. The molecule has 1 N–H and O–H groups in total. The van der Waals surface area contributed by atoms with Gasteiger partial charge in [-0.15, -0.1) is 0 Å². The van der Waals surface area contributed by atoms with Crippen molar-refractivity contribution in [1.29, 1.82) is 0 Å². The van der Waals surface area contributed by atoms with E-state index >= 15 is 0 Å². The second-order valence-electron chi connectivity index (χ2n) is 5.47. The SMILES string of the molecule is CCc1cc(N2CCCNCC2)nc(-c2ccccc2F)n1. The number of aryl methyl sites for hydroxylation is 1. The molecule has 1 saturated heterocycles. The Kier molecular flexibility index (Phi) is 4.63. The topological polar surface area (TPSA) is 41.0 Å². The molecule has 0 radical (unpaired) electrons. The molecule has 0 spiro atoms. The largest absolute Gasteiger partial charge is 0.355 e. The average Bonchev–Trinajstić information content (AvgIpc) is 2.84. The Balaban J connectivity index is 2.01. The number of hydrogen-bond donors (Lipinski definition) is 1. The number of hydrogen-bond acceptors (Lipinski definition) is 4. The lowest BCUT2D eigenvalue weighted by Crippen LogP contribution is -2.29. The van der Waals surface area contributed by atoms with Crippen LogP contribution in [0.2, 0.25) is 0 Å². The summed E-state index contributed by atoms with van der Waals surface area (Å²) in [6.45, 7) is 5.91. The molecule has 0 amide bonds. The van der Waals surface area contributed by atoms with Gasteiger partial charge >= 0.3 is 0 Å². The van der Waals surface area contributed by atoms with E-state index in [1.54, 1.807) is 12.1 Å². The molecule has 2 heterocycles. The van der Waals surface area contributed by atoms with Crippen molar-refractivity contribution in [2.75, 3.05) is 31.1 Å². The van der Waals surface area contributed by atoms with Gasteiger partial charge in [0.15, 0.2) is 5.82 Å². The zero-order valence-electron chi connectivity index (χ0n) is 12.8. The van der Waals surface area contributed by atoms with Crippen LogP contribution >= 0.6 is 0 Å². The minimum absolute atomic E-state index is 0.278. The second kappa shape index (κ2) is 6.83. The van der Waals surface area contributed by atoms with Crippen molar-refractivity contribution in [2.24, 2.45) is 0 Å². The molecule has 0 atom stereocenters. The van der Waals surface area contributed by atoms with Crippen molar-refractivity contribution in [3.8, 4) is 11.4 Å². The van der Waals surface area contributed by atoms with Crippen LogP contribution in [0.4, 0.5) is 10.2 Å². The fourth-order valence-electron chi connectivity index (χ4n) is 2.66. The molecule has 0 aliphatic carbocycles. The summed E-state index contributed by atoms with van der Waals surface area (Å²) in [6, 6.07) is 8.71. The van der Waals surface area contributed by atoms with Crippen molar-refractivity contribution < 1.29 is 4.39 Å². The third-order valence-electron chi connectivity index (χ3n) is 3.91. The van der Waals surface area contributed by atoms with Gasteiger partial charge in [-0.2, -0.15) is 0 Å². The lowest BCUT2D eigenvalue weighted by atomic mass is 10.2. The maximum Gasteiger partial charge on any atom is 0.164 e. The van der Waals surface area contributed by atoms with Gasteiger partial charge in [-0.25, -0.2) is 14.4 Å². The van der Waals surface area contributed by atoms with Crippen molar-refractivity contribution in [2.45, 2.75) is 19.8 Å². The van der Waals surface area contributed by atoms with E-state index in [9.17, 15) is 4.39 Å². The Morgan fingerprint density at radius 3 is 2.86 bits per heavy atom. The number of nitrogens with one attached hydrogen (secondary N) is 1. The summed E-state index contributed by atoms with van der Waals surface area (Å²) in [6.07, 6.45) is 1.89. The predicted molar refractivity (Wildman–Crippen MR) is 86.5 cm³/mol. The zero-order chi connectivity index (χ0) is 15.4. The number of anilines is 1. The van der Waals surface area contributed by atoms with Crippen LogP contribution in [0.5, 0.6) is 0 Å². The van der Waals surface area contributed by atoms with E-state index in [1.807, 2.05) is 12.1 Å². The van der Waals surface area contributed by atoms with Crippen molar-refractivity contribution in [3.63, 3.8) is 0 Å². The summed E-state index contributed by atoms with van der Waals surface area (Å²) in [5.41, 5.74) is 1.41. The second-order valence-corrected chi connectivity index (χ2v) is 5.47. The van der Waals surface area contributed by atoms with E-state index in [2.05, 4.69) is 27.1 Å². The van der Waals surface area contributed by atoms with E-state index < -0.39 is 0 Å². The van der Waals surface area contributed by atoms with Gasteiger partial charge in [0.05, 0.1) is 5.56 Å². The fourth-order valence-corrected chi connectivity index (χ4v) is 2.66. The van der Waals surface area contributed by atoms with Crippen LogP contribution in [0.1, 0.15) is 19.0 Å². The van der Waals surface area contributed by atoms with Crippen LogP contribution in [0.15, 0.2) is 30.3 Å². The molecule has 5 heteroatoms. The molecule has 2 aromatic rings. The number of aromatic nitrogens is 2. The van der Waals surface area contributed by atoms with Crippen LogP contribution in [0, 0.1) is 5.82 Å². The highest BCUT2D eigenvalue weighted by atomic mass is 19.1. The van der Waals surface area contributed by atoms with Gasteiger partial charge in [0.25, 0.3) is 0 Å².